The molecule has 1 heterocycles. The van der Waals surface area contributed by atoms with Gasteiger partial charge in [-0.1, -0.05) is 25.4 Å². The number of aliphatic hydroxyl groups is 1. The molecule has 102 valence electrons. The Labute approximate surface area is 107 Å². The van der Waals surface area contributed by atoms with Gasteiger partial charge in [-0.2, -0.15) is 13.2 Å². The number of hydrogen-bond donors (Lipinski definition) is 2. The van der Waals surface area contributed by atoms with E-state index in [4.69, 9.17) is 16.7 Å². The summed E-state index contributed by atoms with van der Waals surface area (Å²) in [6.45, 7) is 2.95. The maximum Gasteiger partial charge on any atom is 0.416 e. The molecule has 0 aliphatic rings. The second-order valence-corrected chi connectivity index (χ2v) is 4.38. The lowest BCUT2D eigenvalue weighted by Crippen LogP contribution is -2.35. The van der Waals surface area contributed by atoms with Crippen molar-refractivity contribution in [3.63, 3.8) is 0 Å². The third kappa shape index (κ3) is 3.71. The first kappa shape index (κ1) is 15.0. The molecule has 0 aromatic carbocycles. The molecule has 0 aliphatic carbocycles. The van der Waals surface area contributed by atoms with Crippen molar-refractivity contribution in [1.82, 2.24) is 9.97 Å². The maximum absolute atomic E-state index is 12.1. The van der Waals surface area contributed by atoms with Crippen LogP contribution < -0.4 is 5.32 Å². The van der Waals surface area contributed by atoms with E-state index in [0.29, 0.717) is 5.56 Å². The molecule has 0 amide bonds. The third-order valence-corrected chi connectivity index (χ3v) is 2.55. The highest BCUT2D eigenvalue weighted by Crippen LogP contribution is 2.28. The van der Waals surface area contributed by atoms with Crippen LogP contribution in [-0.2, 0) is 0 Å². The highest BCUT2D eigenvalue weighted by atomic mass is 35.5. The van der Waals surface area contributed by atoms with Gasteiger partial charge < -0.3 is 10.4 Å². The molecule has 2 N–H and O–H groups in total. The molecule has 1 rings (SSSR count). The Hall–Kier alpha value is -1.08. The van der Waals surface area contributed by atoms with Crippen molar-refractivity contribution in [1.29, 1.82) is 0 Å². The minimum Gasteiger partial charge on any atom is -0.382 e. The Morgan fingerprint density at radius 2 is 2.00 bits per heavy atom. The predicted octanol–water partition coefficient (Wildman–Crippen LogP) is 2.59. The van der Waals surface area contributed by atoms with Gasteiger partial charge in [-0.05, 0) is 5.92 Å². The summed E-state index contributed by atoms with van der Waals surface area (Å²) in [5.74, 6) is 0.150. The minimum absolute atomic E-state index is 0.0516. The van der Waals surface area contributed by atoms with E-state index in [1.807, 2.05) is 13.8 Å². The van der Waals surface area contributed by atoms with E-state index >= 15 is 0 Å². The molecular formula is C10H13ClF3N3O. The normalized spacial score (nSPS) is 13.8. The molecule has 0 saturated heterocycles. The van der Waals surface area contributed by atoms with Crippen LogP contribution in [0.1, 0.15) is 25.3 Å². The van der Waals surface area contributed by atoms with Crippen LogP contribution in [-0.4, -0.2) is 33.9 Å². The zero-order valence-corrected chi connectivity index (χ0v) is 10.5. The van der Waals surface area contributed by atoms with Gasteiger partial charge in [0.15, 0.2) is 6.10 Å². The Morgan fingerprint density at radius 1 is 1.39 bits per heavy atom. The van der Waals surface area contributed by atoms with Gasteiger partial charge in [-0.15, -0.1) is 0 Å². The summed E-state index contributed by atoms with van der Waals surface area (Å²) < 4.78 is 36.4. The molecule has 1 aromatic heterocycles. The van der Waals surface area contributed by atoms with Crippen LogP contribution in [0.5, 0.6) is 0 Å². The van der Waals surface area contributed by atoms with Crippen molar-refractivity contribution < 1.29 is 18.3 Å². The lowest BCUT2D eigenvalue weighted by Gasteiger charge is -2.18. The molecule has 4 nitrogen and oxygen atoms in total. The molecule has 18 heavy (non-hydrogen) atoms. The molecule has 0 radical (unpaired) electrons. The lowest BCUT2D eigenvalue weighted by atomic mass is 10.1. The zero-order chi connectivity index (χ0) is 13.9. The van der Waals surface area contributed by atoms with Crippen molar-refractivity contribution in [3.05, 3.63) is 17.0 Å². The first-order valence-corrected chi connectivity index (χ1v) is 5.60. The Balaban J connectivity index is 2.83. The van der Waals surface area contributed by atoms with Crippen LogP contribution in [0.2, 0.25) is 5.15 Å². The fraction of sp³-hybridized carbons (Fsp3) is 0.600. The zero-order valence-electron chi connectivity index (χ0n) is 9.79. The molecule has 0 bridgehead atoms. The van der Waals surface area contributed by atoms with E-state index in [1.54, 1.807) is 0 Å². The molecular weight excluding hydrogens is 271 g/mol. The largest absolute Gasteiger partial charge is 0.416 e. The number of hydrogen-bond acceptors (Lipinski definition) is 4. The van der Waals surface area contributed by atoms with Crippen LogP contribution >= 0.6 is 11.6 Å². The summed E-state index contributed by atoms with van der Waals surface area (Å²) in [4.78, 5) is 7.60. The Bertz CT molecular complexity index is 412. The van der Waals surface area contributed by atoms with E-state index in [9.17, 15) is 13.2 Å². The second-order valence-electron chi connectivity index (χ2n) is 4.02. The van der Waals surface area contributed by atoms with Crippen molar-refractivity contribution >= 4 is 17.4 Å². The van der Waals surface area contributed by atoms with Crippen LogP contribution in [0.25, 0.3) is 0 Å². The van der Waals surface area contributed by atoms with E-state index < -0.39 is 18.8 Å². The fourth-order valence-corrected chi connectivity index (χ4v) is 1.69. The third-order valence-electron chi connectivity index (χ3n) is 2.25. The summed E-state index contributed by atoms with van der Waals surface area (Å²) in [7, 11) is 0. The van der Waals surface area contributed by atoms with Gasteiger partial charge in [0.1, 0.15) is 17.3 Å². The van der Waals surface area contributed by atoms with Crippen LogP contribution in [0.4, 0.5) is 19.0 Å². The molecule has 0 spiro atoms. The van der Waals surface area contributed by atoms with E-state index in [1.165, 1.54) is 0 Å². The van der Waals surface area contributed by atoms with Crippen molar-refractivity contribution in [3.8, 4) is 0 Å². The Morgan fingerprint density at radius 3 is 2.50 bits per heavy atom. The number of alkyl halides is 3. The van der Waals surface area contributed by atoms with Crippen molar-refractivity contribution in [2.45, 2.75) is 32.0 Å². The summed E-state index contributed by atoms with van der Waals surface area (Å²) in [6.07, 6.45) is -5.97. The van der Waals surface area contributed by atoms with Gasteiger partial charge in [0, 0.05) is 5.56 Å². The molecule has 1 atom stereocenters. The van der Waals surface area contributed by atoms with Gasteiger partial charge in [-0.25, -0.2) is 9.97 Å². The van der Waals surface area contributed by atoms with Crippen molar-refractivity contribution in [2.24, 2.45) is 0 Å². The average Bonchev–Trinajstić information content (AvgIpc) is 2.23. The fourth-order valence-electron chi connectivity index (χ4n) is 1.34. The summed E-state index contributed by atoms with van der Waals surface area (Å²) >= 11 is 5.85. The van der Waals surface area contributed by atoms with Crippen molar-refractivity contribution in [2.75, 3.05) is 11.9 Å². The quantitative estimate of drug-likeness (QED) is 0.834. The molecule has 0 fully saturated rings. The molecule has 0 aliphatic heterocycles. The molecule has 0 saturated carbocycles. The Kier molecular flexibility index (Phi) is 4.75. The first-order valence-electron chi connectivity index (χ1n) is 5.22. The first-order chi connectivity index (χ1) is 8.23. The standard InChI is InChI=1S/C10H13ClF3N3O/c1-5(2)7-8(11)16-4-17-9(7)15-3-6(18)10(12,13)14/h4-6,18H,3H2,1-2H3,(H,15,16,17). The van der Waals surface area contributed by atoms with Crippen LogP contribution in [0.15, 0.2) is 6.33 Å². The highest BCUT2D eigenvalue weighted by Gasteiger charge is 2.38. The van der Waals surface area contributed by atoms with Gasteiger partial charge in [0.2, 0.25) is 0 Å². The summed E-state index contributed by atoms with van der Waals surface area (Å²) in [5.41, 5.74) is 0.522. The van der Waals surface area contributed by atoms with E-state index in [2.05, 4.69) is 15.3 Å². The summed E-state index contributed by atoms with van der Waals surface area (Å²) in [6, 6.07) is 0. The SMILES string of the molecule is CC(C)c1c(Cl)ncnc1NCC(O)C(F)(F)F. The topological polar surface area (TPSA) is 58.0 Å². The molecule has 8 heteroatoms. The van der Waals surface area contributed by atoms with Gasteiger partial charge in [-0.3, -0.25) is 0 Å². The number of nitrogens with zero attached hydrogens (tertiary/aromatic N) is 2. The van der Waals surface area contributed by atoms with Gasteiger partial charge in [0.05, 0.1) is 6.54 Å². The number of nitrogens with one attached hydrogen (secondary N) is 1. The highest BCUT2D eigenvalue weighted by molar-refractivity contribution is 6.30. The van der Waals surface area contributed by atoms with Crippen LogP contribution in [0, 0.1) is 0 Å². The van der Waals surface area contributed by atoms with E-state index in [0.717, 1.165) is 6.33 Å². The maximum atomic E-state index is 12.1. The average molecular weight is 284 g/mol. The smallest absolute Gasteiger partial charge is 0.382 e. The molecule has 1 unspecified atom stereocenters. The minimum atomic E-state index is -4.66. The molecule has 1 aromatic rings. The number of halogens is 4. The predicted molar refractivity (Wildman–Crippen MR) is 61.7 cm³/mol. The van der Waals surface area contributed by atoms with Gasteiger partial charge in [0.25, 0.3) is 0 Å². The monoisotopic (exact) mass is 283 g/mol. The van der Waals surface area contributed by atoms with E-state index in [-0.39, 0.29) is 16.9 Å². The number of rotatable bonds is 4. The number of aliphatic hydroxyl groups excluding tert-OH is 1. The van der Waals surface area contributed by atoms with Gasteiger partial charge >= 0.3 is 6.18 Å². The number of anilines is 1. The van der Waals surface area contributed by atoms with Crippen LogP contribution in [0.3, 0.4) is 0 Å². The second kappa shape index (κ2) is 5.71. The lowest BCUT2D eigenvalue weighted by molar-refractivity contribution is -0.198. The number of aromatic nitrogens is 2. The summed E-state index contributed by atoms with van der Waals surface area (Å²) in [5, 5.41) is 11.5.